The van der Waals surface area contributed by atoms with Gasteiger partial charge in [0.25, 0.3) is 11.8 Å². The fourth-order valence-electron chi connectivity index (χ4n) is 5.39. The van der Waals surface area contributed by atoms with E-state index in [1.807, 2.05) is 0 Å². The van der Waals surface area contributed by atoms with Crippen molar-refractivity contribution < 1.29 is 32.3 Å². The summed E-state index contributed by atoms with van der Waals surface area (Å²) in [5, 5.41) is 12.7. The predicted octanol–water partition coefficient (Wildman–Crippen LogP) is 2.65. The average Bonchev–Trinajstić information content (AvgIpc) is 3.36. The van der Waals surface area contributed by atoms with Crippen molar-refractivity contribution in [2.75, 3.05) is 0 Å². The van der Waals surface area contributed by atoms with Gasteiger partial charge in [-0.15, -0.1) is 0 Å². The molecule has 174 valence electrons. The first-order valence-corrected chi connectivity index (χ1v) is 10.5. The first kappa shape index (κ1) is 21.5. The van der Waals surface area contributed by atoms with Gasteiger partial charge in [-0.05, 0) is 42.9 Å². The molecule has 1 aromatic carbocycles. The van der Waals surface area contributed by atoms with E-state index in [2.05, 4.69) is 5.32 Å². The highest BCUT2D eigenvalue weighted by molar-refractivity contribution is 5.99. The Hall–Kier alpha value is -3.37. The number of aromatic hydroxyl groups is 1. The highest BCUT2D eigenvalue weighted by Gasteiger charge is 2.51. The van der Waals surface area contributed by atoms with Crippen LogP contribution in [0.5, 0.6) is 5.75 Å². The fourth-order valence-corrected chi connectivity index (χ4v) is 5.39. The van der Waals surface area contributed by atoms with Gasteiger partial charge in [-0.2, -0.15) is 13.2 Å². The van der Waals surface area contributed by atoms with E-state index in [-0.39, 0.29) is 23.3 Å². The number of rotatable bonds is 3. The second-order valence-corrected chi connectivity index (χ2v) is 8.71. The molecule has 0 spiro atoms. The Morgan fingerprint density at radius 3 is 2.70 bits per heavy atom. The van der Waals surface area contributed by atoms with E-state index in [0.29, 0.717) is 18.5 Å². The second kappa shape index (κ2) is 7.32. The topological polar surface area (TPSA) is 91.6 Å². The van der Waals surface area contributed by atoms with Crippen LogP contribution in [0.15, 0.2) is 29.2 Å². The lowest BCUT2D eigenvalue weighted by atomic mass is 9.95. The lowest BCUT2D eigenvalue weighted by Crippen LogP contribution is -2.52. The van der Waals surface area contributed by atoms with E-state index < -0.39 is 52.7 Å². The molecule has 3 atom stereocenters. The lowest BCUT2D eigenvalue weighted by molar-refractivity contribution is -0.138. The molecule has 3 aliphatic rings. The maximum Gasteiger partial charge on any atom is 0.416 e. The number of nitrogens with one attached hydrogen (secondary N) is 1. The van der Waals surface area contributed by atoms with Gasteiger partial charge in [0.1, 0.15) is 11.4 Å². The third-order valence-corrected chi connectivity index (χ3v) is 6.88. The zero-order valence-corrected chi connectivity index (χ0v) is 17.2. The largest absolute Gasteiger partial charge is 0.503 e. The smallest absolute Gasteiger partial charge is 0.416 e. The van der Waals surface area contributed by atoms with Crippen LogP contribution in [0.25, 0.3) is 0 Å². The number of aromatic nitrogens is 1. The molecule has 5 rings (SSSR count). The number of fused-ring (bicyclic) bond motifs is 6. The molecule has 0 radical (unpaired) electrons. The van der Waals surface area contributed by atoms with Crippen molar-refractivity contribution >= 4 is 11.8 Å². The SMILES string of the molecule is O=C(NCc1ccc(F)cc1C(F)(F)F)c1cn2c(c(O)c1=O)C(=O)N1[C@@H]3CC[C@@H](C3)[C@@H]1C2. The molecule has 3 heterocycles. The Bertz CT molecular complexity index is 1240. The van der Waals surface area contributed by atoms with E-state index in [9.17, 15) is 37.1 Å². The molecule has 0 unspecified atom stereocenters. The van der Waals surface area contributed by atoms with Gasteiger partial charge in [0.05, 0.1) is 11.6 Å². The molecule has 2 aliphatic heterocycles. The van der Waals surface area contributed by atoms with E-state index in [1.165, 1.54) is 10.8 Å². The molecule has 7 nitrogen and oxygen atoms in total. The monoisotopic (exact) mass is 465 g/mol. The summed E-state index contributed by atoms with van der Waals surface area (Å²) in [6, 6.07) is 2.06. The van der Waals surface area contributed by atoms with Gasteiger partial charge in [-0.3, -0.25) is 14.4 Å². The van der Waals surface area contributed by atoms with Crippen LogP contribution in [0.4, 0.5) is 17.6 Å². The van der Waals surface area contributed by atoms with Crippen molar-refractivity contribution in [1.82, 2.24) is 14.8 Å². The number of amides is 2. The molecule has 1 aliphatic carbocycles. The Kier molecular flexibility index (Phi) is 4.77. The van der Waals surface area contributed by atoms with Gasteiger partial charge in [0.15, 0.2) is 11.4 Å². The van der Waals surface area contributed by atoms with Crippen molar-refractivity contribution in [3.8, 4) is 5.75 Å². The lowest BCUT2D eigenvalue weighted by Gasteiger charge is -2.40. The standard InChI is InChI=1S/C22H19F4N3O4/c23-12-3-1-11(15(6-12)22(24,25)26)7-27-20(32)14-8-28-9-16-10-2-4-13(5-10)29(16)21(33)17(28)19(31)18(14)30/h1,3,6,8,10,13,16,31H,2,4-5,7,9H2,(H,27,32)/t10-,13+,16-/m0/s1. The first-order valence-electron chi connectivity index (χ1n) is 10.5. The van der Waals surface area contributed by atoms with Crippen molar-refractivity contribution in [2.45, 2.75) is 50.6 Å². The molecule has 11 heteroatoms. The Morgan fingerprint density at radius 1 is 1.21 bits per heavy atom. The number of hydrogen-bond donors (Lipinski definition) is 2. The molecule has 1 aromatic heterocycles. The van der Waals surface area contributed by atoms with Gasteiger partial charge in [0, 0.05) is 25.3 Å². The zero-order chi connectivity index (χ0) is 23.7. The van der Waals surface area contributed by atoms with E-state index >= 15 is 0 Å². The van der Waals surface area contributed by atoms with Crippen molar-refractivity contribution in [1.29, 1.82) is 0 Å². The fraction of sp³-hybridized carbons (Fsp3) is 0.409. The number of benzene rings is 1. The molecule has 2 N–H and O–H groups in total. The van der Waals surface area contributed by atoms with Crippen LogP contribution in [0.2, 0.25) is 0 Å². The molecule has 2 aromatic rings. The number of carbonyl (C=O) groups excluding carboxylic acids is 2. The number of hydrogen-bond acceptors (Lipinski definition) is 4. The molecular weight excluding hydrogens is 446 g/mol. The predicted molar refractivity (Wildman–Crippen MR) is 106 cm³/mol. The maximum absolute atomic E-state index is 13.3. The summed E-state index contributed by atoms with van der Waals surface area (Å²) in [5.74, 6) is -3.08. The van der Waals surface area contributed by atoms with E-state index in [1.54, 1.807) is 4.90 Å². The minimum absolute atomic E-state index is 0.0808. The summed E-state index contributed by atoms with van der Waals surface area (Å²) in [6.45, 7) is -0.304. The van der Waals surface area contributed by atoms with Crippen LogP contribution in [-0.2, 0) is 19.3 Å². The summed E-state index contributed by atoms with van der Waals surface area (Å²) in [7, 11) is 0. The van der Waals surface area contributed by atoms with Crippen molar-refractivity contribution in [3.63, 3.8) is 0 Å². The van der Waals surface area contributed by atoms with Crippen LogP contribution in [0, 0.1) is 11.7 Å². The minimum Gasteiger partial charge on any atom is -0.503 e. The quantitative estimate of drug-likeness (QED) is 0.682. The molecular formula is C22H19F4N3O4. The van der Waals surface area contributed by atoms with Gasteiger partial charge in [0.2, 0.25) is 5.43 Å². The van der Waals surface area contributed by atoms with Crippen LogP contribution in [0.3, 0.4) is 0 Å². The second-order valence-electron chi connectivity index (χ2n) is 8.71. The van der Waals surface area contributed by atoms with E-state index in [4.69, 9.17) is 0 Å². The van der Waals surface area contributed by atoms with Gasteiger partial charge in [-0.25, -0.2) is 4.39 Å². The molecule has 1 saturated heterocycles. The Morgan fingerprint density at radius 2 is 1.97 bits per heavy atom. The number of pyridine rings is 1. The van der Waals surface area contributed by atoms with Gasteiger partial charge < -0.3 is 19.9 Å². The Balaban J connectivity index is 1.43. The van der Waals surface area contributed by atoms with Crippen LogP contribution < -0.4 is 10.7 Å². The summed E-state index contributed by atoms with van der Waals surface area (Å²) in [6.07, 6.45) is -0.945. The van der Waals surface area contributed by atoms with Crippen molar-refractivity contribution in [2.24, 2.45) is 5.92 Å². The highest BCUT2D eigenvalue weighted by Crippen LogP contribution is 2.45. The summed E-state index contributed by atoms with van der Waals surface area (Å²) >= 11 is 0. The van der Waals surface area contributed by atoms with E-state index in [0.717, 1.165) is 31.4 Å². The van der Waals surface area contributed by atoms with Crippen molar-refractivity contribution in [3.05, 3.63) is 62.8 Å². The summed E-state index contributed by atoms with van der Waals surface area (Å²) in [5.41, 5.74) is -3.37. The molecule has 33 heavy (non-hydrogen) atoms. The molecule has 2 amide bonds. The maximum atomic E-state index is 13.3. The van der Waals surface area contributed by atoms with Crippen LogP contribution in [-0.4, -0.2) is 38.5 Å². The molecule has 2 fully saturated rings. The third-order valence-electron chi connectivity index (χ3n) is 6.88. The number of alkyl halides is 3. The normalized spacial score (nSPS) is 23.5. The summed E-state index contributed by atoms with van der Waals surface area (Å²) < 4.78 is 54.2. The molecule has 2 bridgehead atoms. The number of piperidine rings is 1. The Labute approximate surface area is 184 Å². The minimum atomic E-state index is -4.83. The number of carbonyl (C=O) groups is 2. The number of nitrogens with zero attached hydrogens (tertiary/aromatic N) is 2. The van der Waals surface area contributed by atoms with Gasteiger partial charge >= 0.3 is 6.18 Å². The van der Waals surface area contributed by atoms with Crippen LogP contribution >= 0.6 is 0 Å². The zero-order valence-electron chi connectivity index (χ0n) is 17.2. The average molecular weight is 465 g/mol. The van der Waals surface area contributed by atoms with Gasteiger partial charge in [-0.1, -0.05) is 6.07 Å². The highest BCUT2D eigenvalue weighted by atomic mass is 19.4. The molecule has 1 saturated carbocycles. The first-order chi connectivity index (χ1) is 15.6. The number of halogens is 4. The van der Waals surface area contributed by atoms with Crippen LogP contribution in [0.1, 0.15) is 51.2 Å². The third kappa shape index (κ3) is 3.37. The summed E-state index contributed by atoms with van der Waals surface area (Å²) in [4.78, 5) is 40.0.